The molecule has 2 amide bonds. The lowest BCUT2D eigenvalue weighted by atomic mass is 9.74. The molecule has 1 aromatic rings. The SMILES string of the molecule is CC(C)(C)C(C(=O)NCC1(c2cccc(F)c2)CCOCC1)N1CCCC1=O. The number of hydrogen-bond acceptors (Lipinski definition) is 3. The normalized spacial score (nSPS) is 20.9. The number of halogens is 1. The number of benzene rings is 1. The van der Waals surface area contributed by atoms with Gasteiger partial charge in [-0.15, -0.1) is 0 Å². The minimum absolute atomic E-state index is 0.0426. The second-order valence-electron chi connectivity index (χ2n) is 9.08. The third-order valence-corrected chi connectivity index (χ3v) is 5.98. The van der Waals surface area contributed by atoms with E-state index in [1.165, 1.54) is 6.07 Å². The van der Waals surface area contributed by atoms with E-state index in [9.17, 15) is 14.0 Å². The zero-order valence-electron chi connectivity index (χ0n) is 17.1. The summed E-state index contributed by atoms with van der Waals surface area (Å²) in [7, 11) is 0. The highest BCUT2D eigenvalue weighted by atomic mass is 19.1. The van der Waals surface area contributed by atoms with Gasteiger partial charge in [-0.25, -0.2) is 4.39 Å². The third-order valence-electron chi connectivity index (χ3n) is 5.98. The Morgan fingerprint density at radius 1 is 1.32 bits per heavy atom. The molecule has 0 spiro atoms. The molecule has 154 valence electrons. The smallest absolute Gasteiger partial charge is 0.243 e. The van der Waals surface area contributed by atoms with E-state index < -0.39 is 6.04 Å². The van der Waals surface area contributed by atoms with Gasteiger partial charge < -0.3 is 15.0 Å². The molecule has 6 heteroatoms. The van der Waals surface area contributed by atoms with Crippen molar-refractivity contribution in [2.45, 2.75) is 57.9 Å². The van der Waals surface area contributed by atoms with Crippen molar-refractivity contribution >= 4 is 11.8 Å². The molecule has 0 aromatic heterocycles. The van der Waals surface area contributed by atoms with Crippen LogP contribution in [0.3, 0.4) is 0 Å². The number of rotatable bonds is 5. The molecule has 2 aliphatic heterocycles. The lowest BCUT2D eigenvalue weighted by Crippen LogP contribution is -2.56. The predicted octanol–water partition coefficient (Wildman–Crippen LogP) is 3.03. The Balaban J connectivity index is 1.80. The van der Waals surface area contributed by atoms with Crippen molar-refractivity contribution in [3.63, 3.8) is 0 Å². The van der Waals surface area contributed by atoms with Crippen molar-refractivity contribution in [1.82, 2.24) is 10.2 Å². The van der Waals surface area contributed by atoms with Gasteiger partial charge in [-0.2, -0.15) is 0 Å². The Morgan fingerprint density at radius 3 is 2.61 bits per heavy atom. The number of hydrogen-bond donors (Lipinski definition) is 1. The van der Waals surface area contributed by atoms with Crippen LogP contribution in [0.4, 0.5) is 4.39 Å². The molecule has 2 saturated heterocycles. The summed E-state index contributed by atoms with van der Waals surface area (Å²) in [5.74, 6) is -0.365. The molecule has 1 atom stereocenters. The van der Waals surface area contributed by atoms with Gasteiger partial charge in [0.15, 0.2) is 0 Å². The van der Waals surface area contributed by atoms with Gasteiger partial charge in [0.25, 0.3) is 0 Å². The molecule has 2 fully saturated rings. The van der Waals surface area contributed by atoms with E-state index in [4.69, 9.17) is 4.74 Å². The molecule has 1 N–H and O–H groups in total. The Kier molecular flexibility index (Phi) is 6.08. The fraction of sp³-hybridized carbons (Fsp3) is 0.636. The maximum atomic E-state index is 13.9. The molecule has 0 bridgehead atoms. The van der Waals surface area contributed by atoms with Gasteiger partial charge in [-0.3, -0.25) is 9.59 Å². The third kappa shape index (κ3) is 4.37. The zero-order chi connectivity index (χ0) is 20.4. The standard InChI is InChI=1S/C22H31FN2O3/c1-21(2,3)19(25-11-5-8-18(25)26)20(27)24-15-22(9-12-28-13-10-22)16-6-4-7-17(23)14-16/h4,6-7,14,19H,5,8-13,15H2,1-3H3,(H,24,27). The number of nitrogens with one attached hydrogen (secondary N) is 1. The van der Waals surface area contributed by atoms with E-state index in [1.54, 1.807) is 17.0 Å². The predicted molar refractivity (Wildman–Crippen MR) is 105 cm³/mol. The summed E-state index contributed by atoms with van der Waals surface area (Å²) in [6.45, 7) is 8.16. The van der Waals surface area contributed by atoms with E-state index in [2.05, 4.69) is 5.32 Å². The van der Waals surface area contributed by atoms with Crippen LogP contribution in [0.2, 0.25) is 0 Å². The van der Waals surface area contributed by atoms with Crippen LogP contribution in [-0.4, -0.2) is 49.1 Å². The van der Waals surface area contributed by atoms with E-state index >= 15 is 0 Å². The van der Waals surface area contributed by atoms with Gasteiger partial charge in [0.1, 0.15) is 11.9 Å². The molecule has 0 saturated carbocycles. The van der Waals surface area contributed by atoms with E-state index in [0.717, 1.165) is 24.8 Å². The topological polar surface area (TPSA) is 58.6 Å². The fourth-order valence-corrected chi connectivity index (χ4v) is 4.45. The Hall–Kier alpha value is -1.95. The second kappa shape index (κ2) is 8.19. The maximum absolute atomic E-state index is 13.9. The molecule has 28 heavy (non-hydrogen) atoms. The number of amides is 2. The van der Waals surface area contributed by atoms with Crippen LogP contribution >= 0.6 is 0 Å². The number of ether oxygens (including phenoxy) is 1. The van der Waals surface area contributed by atoms with Gasteiger partial charge in [0.2, 0.25) is 11.8 Å². The van der Waals surface area contributed by atoms with Gasteiger partial charge in [-0.1, -0.05) is 32.9 Å². The molecule has 5 nitrogen and oxygen atoms in total. The van der Waals surface area contributed by atoms with Crippen molar-refractivity contribution in [2.24, 2.45) is 5.41 Å². The molecule has 1 aromatic carbocycles. The monoisotopic (exact) mass is 390 g/mol. The fourth-order valence-electron chi connectivity index (χ4n) is 4.45. The largest absolute Gasteiger partial charge is 0.381 e. The van der Waals surface area contributed by atoms with Crippen molar-refractivity contribution in [3.05, 3.63) is 35.6 Å². The minimum atomic E-state index is -0.507. The first-order valence-electron chi connectivity index (χ1n) is 10.1. The minimum Gasteiger partial charge on any atom is -0.381 e. The number of likely N-dealkylation sites (tertiary alicyclic amines) is 1. The Bertz CT molecular complexity index is 723. The van der Waals surface area contributed by atoms with E-state index in [-0.39, 0.29) is 28.5 Å². The average Bonchev–Trinajstić information content (AvgIpc) is 3.05. The molecule has 2 aliphatic rings. The summed E-state index contributed by atoms with van der Waals surface area (Å²) >= 11 is 0. The first-order chi connectivity index (χ1) is 13.2. The summed E-state index contributed by atoms with van der Waals surface area (Å²) in [5.41, 5.74) is 0.167. The van der Waals surface area contributed by atoms with Crippen LogP contribution in [-0.2, 0) is 19.7 Å². The number of carbonyl (C=O) groups is 2. The highest BCUT2D eigenvalue weighted by Crippen LogP contribution is 2.35. The number of carbonyl (C=O) groups excluding carboxylic acids is 2. The Morgan fingerprint density at radius 2 is 2.04 bits per heavy atom. The summed E-state index contributed by atoms with van der Waals surface area (Å²) in [6.07, 6.45) is 2.74. The number of nitrogens with zero attached hydrogens (tertiary/aromatic N) is 1. The first-order valence-corrected chi connectivity index (χ1v) is 10.1. The van der Waals surface area contributed by atoms with Crippen LogP contribution in [0.5, 0.6) is 0 Å². The van der Waals surface area contributed by atoms with Gasteiger partial charge in [0.05, 0.1) is 0 Å². The van der Waals surface area contributed by atoms with Crippen LogP contribution in [0.15, 0.2) is 24.3 Å². The first kappa shape index (κ1) is 20.8. The average molecular weight is 390 g/mol. The maximum Gasteiger partial charge on any atom is 0.243 e. The van der Waals surface area contributed by atoms with Gasteiger partial charge in [-0.05, 0) is 42.4 Å². The summed E-state index contributed by atoms with van der Waals surface area (Å²) in [5, 5.41) is 3.10. The molecule has 0 radical (unpaired) electrons. The zero-order valence-corrected chi connectivity index (χ0v) is 17.1. The van der Waals surface area contributed by atoms with Gasteiger partial charge >= 0.3 is 0 Å². The van der Waals surface area contributed by atoms with Crippen molar-refractivity contribution in [2.75, 3.05) is 26.3 Å². The lowest BCUT2D eigenvalue weighted by molar-refractivity contribution is -0.141. The molecule has 3 rings (SSSR count). The van der Waals surface area contributed by atoms with Crippen LogP contribution in [0.25, 0.3) is 0 Å². The quantitative estimate of drug-likeness (QED) is 0.841. The van der Waals surface area contributed by atoms with E-state index in [1.807, 2.05) is 26.8 Å². The van der Waals surface area contributed by atoms with Crippen LogP contribution in [0, 0.1) is 11.2 Å². The van der Waals surface area contributed by atoms with Gasteiger partial charge in [0, 0.05) is 38.1 Å². The van der Waals surface area contributed by atoms with Crippen molar-refractivity contribution in [1.29, 1.82) is 0 Å². The Labute approximate surface area is 166 Å². The molecule has 2 heterocycles. The lowest BCUT2D eigenvalue weighted by Gasteiger charge is -2.40. The molecular formula is C22H31FN2O3. The van der Waals surface area contributed by atoms with Crippen molar-refractivity contribution in [3.8, 4) is 0 Å². The molecule has 1 unspecified atom stereocenters. The molecular weight excluding hydrogens is 359 g/mol. The van der Waals surface area contributed by atoms with Crippen LogP contribution < -0.4 is 5.32 Å². The summed E-state index contributed by atoms with van der Waals surface area (Å²) in [4.78, 5) is 27.2. The summed E-state index contributed by atoms with van der Waals surface area (Å²) in [6, 6.07) is 6.12. The van der Waals surface area contributed by atoms with Crippen LogP contribution in [0.1, 0.15) is 52.0 Å². The van der Waals surface area contributed by atoms with E-state index in [0.29, 0.717) is 32.7 Å². The molecule has 0 aliphatic carbocycles. The highest BCUT2D eigenvalue weighted by molar-refractivity contribution is 5.89. The summed E-state index contributed by atoms with van der Waals surface area (Å²) < 4.78 is 19.4. The second-order valence-corrected chi connectivity index (χ2v) is 9.08. The highest BCUT2D eigenvalue weighted by Gasteiger charge is 2.42. The van der Waals surface area contributed by atoms with Crippen molar-refractivity contribution < 1.29 is 18.7 Å².